The Morgan fingerprint density at radius 1 is 1.43 bits per heavy atom. The molecule has 1 saturated heterocycles. The standard InChI is InChI=1S/C12H26N2/c1-6-12(13-5)11(4)14-8-9(2)7-10(14)3/h9-13H,6-8H2,1-5H3. The van der Waals surface area contributed by atoms with E-state index in [9.17, 15) is 0 Å². The lowest BCUT2D eigenvalue weighted by atomic mass is 10.1. The molecule has 0 amide bonds. The lowest BCUT2D eigenvalue weighted by molar-refractivity contribution is 0.161. The zero-order chi connectivity index (χ0) is 10.7. The van der Waals surface area contributed by atoms with Crippen molar-refractivity contribution in [2.24, 2.45) is 5.92 Å². The van der Waals surface area contributed by atoms with Crippen molar-refractivity contribution in [1.29, 1.82) is 0 Å². The Morgan fingerprint density at radius 3 is 2.43 bits per heavy atom. The van der Waals surface area contributed by atoms with Crippen LogP contribution < -0.4 is 5.32 Å². The van der Waals surface area contributed by atoms with Crippen molar-refractivity contribution < 1.29 is 0 Å². The molecule has 1 rings (SSSR count). The molecule has 1 heterocycles. The van der Waals surface area contributed by atoms with Gasteiger partial charge in [-0.15, -0.1) is 0 Å². The molecule has 1 fully saturated rings. The summed E-state index contributed by atoms with van der Waals surface area (Å²) in [5.74, 6) is 0.877. The first-order valence-electron chi connectivity index (χ1n) is 6.03. The van der Waals surface area contributed by atoms with E-state index < -0.39 is 0 Å². The van der Waals surface area contributed by atoms with E-state index in [2.05, 4.69) is 45.0 Å². The highest BCUT2D eigenvalue weighted by Gasteiger charge is 2.32. The molecular weight excluding hydrogens is 172 g/mol. The van der Waals surface area contributed by atoms with Crippen molar-refractivity contribution in [2.45, 2.75) is 58.7 Å². The van der Waals surface area contributed by atoms with Crippen LogP contribution in [0.3, 0.4) is 0 Å². The topological polar surface area (TPSA) is 15.3 Å². The Labute approximate surface area is 89.1 Å². The largest absolute Gasteiger partial charge is 0.315 e. The monoisotopic (exact) mass is 198 g/mol. The fraction of sp³-hybridized carbons (Fsp3) is 1.00. The summed E-state index contributed by atoms with van der Waals surface area (Å²) in [6.07, 6.45) is 2.58. The van der Waals surface area contributed by atoms with Crippen molar-refractivity contribution in [1.82, 2.24) is 10.2 Å². The summed E-state index contributed by atoms with van der Waals surface area (Å²) in [4.78, 5) is 2.66. The molecule has 2 heteroatoms. The van der Waals surface area contributed by atoms with Crippen LogP contribution in [0.5, 0.6) is 0 Å². The minimum Gasteiger partial charge on any atom is -0.315 e. The number of nitrogens with one attached hydrogen (secondary N) is 1. The second kappa shape index (κ2) is 5.13. The van der Waals surface area contributed by atoms with E-state index >= 15 is 0 Å². The molecule has 0 spiro atoms. The summed E-state index contributed by atoms with van der Waals surface area (Å²) < 4.78 is 0. The van der Waals surface area contributed by atoms with E-state index in [0.29, 0.717) is 12.1 Å². The van der Waals surface area contributed by atoms with Crippen molar-refractivity contribution in [2.75, 3.05) is 13.6 Å². The molecule has 0 bridgehead atoms. The van der Waals surface area contributed by atoms with Gasteiger partial charge in [0.1, 0.15) is 0 Å². The first-order valence-corrected chi connectivity index (χ1v) is 6.03. The lowest BCUT2D eigenvalue weighted by Crippen LogP contribution is -2.48. The molecule has 0 radical (unpaired) electrons. The summed E-state index contributed by atoms with van der Waals surface area (Å²) >= 11 is 0. The third kappa shape index (κ3) is 2.48. The quantitative estimate of drug-likeness (QED) is 0.744. The fourth-order valence-corrected chi connectivity index (χ4v) is 2.92. The van der Waals surface area contributed by atoms with Gasteiger partial charge in [-0.2, -0.15) is 0 Å². The van der Waals surface area contributed by atoms with Crippen LogP contribution in [0, 0.1) is 5.92 Å². The highest BCUT2D eigenvalue weighted by atomic mass is 15.2. The van der Waals surface area contributed by atoms with Crippen LogP contribution >= 0.6 is 0 Å². The van der Waals surface area contributed by atoms with Crippen LogP contribution in [-0.4, -0.2) is 36.6 Å². The summed E-state index contributed by atoms with van der Waals surface area (Å²) in [7, 11) is 2.08. The molecule has 14 heavy (non-hydrogen) atoms. The minimum absolute atomic E-state index is 0.641. The maximum Gasteiger partial charge on any atom is 0.0223 e. The maximum absolute atomic E-state index is 3.42. The van der Waals surface area contributed by atoms with Gasteiger partial charge in [-0.1, -0.05) is 13.8 Å². The highest BCUT2D eigenvalue weighted by molar-refractivity contribution is 4.88. The number of rotatable bonds is 4. The Morgan fingerprint density at radius 2 is 2.07 bits per heavy atom. The number of hydrogen-bond acceptors (Lipinski definition) is 2. The zero-order valence-corrected chi connectivity index (χ0v) is 10.4. The summed E-state index contributed by atoms with van der Waals surface area (Å²) in [6.45, 7) is 10.6. The van der Waals surface area contributed by atoms with Gasteiger partial charge in [-0.25, -0.2) is 0 Å². The van der Waals surface area contributed by atoms with Gasteiger partial charge in [0.05, 0.1) is 0 Å². The molecule has 1 N–H and O–H groups in total. The van der Waals surface area contributed by atoms with Crippen LogP contribution in [0.4, 0.5) is 0 Å². The third-order valence-electron chi connectivity index (χ3n) is 3.75. The smallest absolute Gasteiger partial charge is 0.0223 e. The molecule has 0 aromatic rings. The van der Waals surface area contributed by atoms with Gasteiger partial charge in [0, 0.05) is 24.7 Å². The van der Waals surface area contributed by atoms with Crippen molar-refractivity contribution in [3.63, 3.8) is 0 Å². The fourth-order valence-electron chi connectivity index (χ4n) is 2.92. The molecule has 0 aliphatic carbocycles. The predicted molar refractivity (Wildman–Crippen MR) is 62.5 cm³/mol. The first kappa shape index (κ1) is 12.0. The predicted octanol–water partition coefficient (Wildman–Crippen LogP) is 2.10. The van der Waals surface area contributed by atoms with Gasteiger partial charge >= 0.3 is 0 Å². The molecule has 0 saturated carbocycles. The van der Waals surface area contributed by atoms with Gasteiger partial charge < -0.3 is 5.32 Å². The van der Waals surface area contributed by atoms with Gasteiger partial charge in [0.2, 0.25) is 0 Å². The number of hydrogen-bond donors (Lipinski definition) is 1. The molecule has 1 aliphatic heterocycles. The molecule has 0 aromatic carbocycles. The molecule has 4 unspecified atom stereocenters. The second-order valence-electron chi connectivity index (χ2n) is 4.93. The van der Waals surface area contributed by atoms with Crippen molar-refractivity contribution in [3.05, 3.63) is 0 Å². The Bertz CT molecular complexity index is 166. The Balaban J connectivity index is 2.55. The summed E-state index contributed by atoms with van der Waals surface area (Å²) in [5.41, 5.74) is 0. The average molecular weight is 198 g/mol. The number of likely N-dealkylation sites (tertiary alicyclic amines) is 1. The van der Waals surface area contributed by atoms with E-state index in [1.54, 1.807) is 0 Å². The number of likely N-dealkylation sites (N-methyl/N-ethyl adjacent to an activating group) is 1. The SMILES string of the molecule is CCC(NC)C(C)N1CC(C)CC1C. The van der Waals surface area contributed by atoms with E-state index in [-0.39, 0.29) is 0 Å². The first-order chi connectivity index (χ1) is 6.60. The van der Waals surface area contributed by atoms with Crippen molar-refractivity contribution in [3.8, 4) is 0 Å². The average Bonchev–Trinajstić information content (AvgIpc) is 2.47. The van der Waals surface area contributed by atoms with E-state index in [1.165, 1.54) is 19.4 Å². The summed E-state index contributed by atoms with van der Waals surface area (Å²) in [5, 5.41) is 3.42. The maximum atomic E-state index is 3.42. The van der Waals surface area contributed by atoms with Gasteiger partial charge in [-0.05, 0) is 39.7 Å². The Hall–Kier alpha value is -0.0800. The molecule has 4 atom stereocenters. The number of nitrogens with zero attached hydrogens (tertiary/aromatic N) is 1. The van der Waals surface area contributed by atoms with E-state index in [0.717, 1.165) is 12.0 Å². The zero-order valence-electron chi connectivity index (χ0n) is 10.4. The molecule has 2 nitrogen and oxygen atoms in total. The van der Waals surface area contributed by atoms with E-state index in [4.69, 9.17) is 0 Å². The van der Waals surface area contributed by atoms with Crippen LogP contribution in [0.15, 0.2) is 0 Å². The second-order valence-corrected chi connectivity index (χ2v) is 4.93. The Kier molecular flexibility index (Phi) is 4.39. The van der Waals surface area contributed by atoms with Crippen LogP contribution in [0.2, 0.25) is 0 Å². The van der Waals surface area contributed by atoms with E-state index in [1.807, 2.05) is 0 Å². The highest BCUT2D eigenvalue weighted by Crippen LogP contribution is 2.25. The third-order valence-corrected chi connectivity index (χ3v) is 3.75. The van der Waals surface area contributed by atoms with Crippen LogP contribution in [-0.2, 0) is 0 Å². The normalized spacial score (nSPS) is 33.2. The van der Waals surface area contributed by atoms with Crippen LogP contribution in [0.25, 0.3) is 0 Å². The molecule has 1 aliphatic rings. The summed E-state index contributed by atoms with van der Waals surface area (Å²) in [6, 6.07) is 2.08. The molecule has 84 valence electrons. The van der Waals surface area contributed by atoms with Crippen molar-refractivity contribution >= 4 is 0 Å². The minimum atomic E-state index is 0.641. The van der Waals surface area contributed by atoms with Gasteiger partial charge in [0.15, 0.2) is 0 Å². The van der Waals surface area contributed by atoms with Gasteiger partial charge in [0.25, 0.3) is 0 Å². The van der Waals surface area contributed by atoms with Gasteiger partial charge in [-0.3, -0.25) is 4.90 Å². The van der Waals surface area contributed by atoms with Crippen LogP contribution in [0.1, 0.15) is 40.5 Å². The molecule has 0 aromatic heterocycles. The lowest BCUT2D eigenvalue weighted by Gasteiger charge is -2.34. The molecular formula is C12H26N2.